The Morgan fingerprint density at radius 1 is 1.06 bits per heavy atom. The molecule has 0 saturated heterocycles. The topological polar surface area (TPSA) is 9.23 Å². The van der Waals surface area contributed by atoms with E-state index in [1.165, 1.54) is 5.56 Å². The van der Waals surface area contributed by atoms with Crippen LogP contribution in [0.25, 0.3) is 0 Å². The van der Waals surface area contributed by atoms with Crippen LogP contribution in [0, 0.1) is 0 Å². The van der Waals surface area contributed by atoms with Crippen LogP contribution in [0.1, 0.15) is 18.1 Å². The van der Waals surface area contributed by atoms with Gasteiger partial charge < -0.3 is 4.74 Å². The van der Waals surface area contributed by atoms with E-state index in [0.29, 0.717) is 16.7 Å². The molecule has 0 saturated carbocycles. The van der Waals surface area contributed by atoms with Gasteiger partial charge in [0.1, 0.15) is 12.4 Å². The first-order valence-electron chi connectivity index (χ1n) is 5.85. The second kappa shape index (κ2) is 6.12. The van der Waals surface area contributed by atoms with E-state index in [0.717, 1.165) is 17.7 Å². The summed E-state index contributed by atoms with van der Waals surface area (Å²) in [6.45, 7) is 2.54. The zero-order valence-corrected chi connectivity index (χ0v) is 11.6. The van der Waals surface area contributed by atoms with Crippen LogP contribution in [0.15, 0.2) is 42.5 Å². The highest BCUT2D eigenvalue weighted by Gasteiger charge is 2.05. The van der Waals surface area contributed by atoms with Gasteiger partial charge in [-0.15, -0.1) is 0 Å². The van der Waals surface area contributed by atoms with Gasteiger partial charge in [-0.25, -0.2) is 0 Å². The Morgan fingerprint density at radius 2 is 1.83 bits per heavy atom. The molecular weight excluding hydrogens is 267 g/mol. The molecule has 3 heteroatoms. The average molecular weight is 281 g/mol. The summed E-state index contributed by atoms with van der Waals surface area (Å²) in [6.07, 6.45) is 0.995. The van der Waals surface area contributed by atoms with Crippen LogP contribution >= 0.6 is 23.2 Å². The van der Waals surface area contributed by atoms with Gasteiger partial charge in [-0.2, -0.15) is 0 Å². The summed E-state index contributed by atoms with van der Waals surface area (Å²) >= 11 is 12.1. The Labute approximate surface area is 117 Å². The third-order valence-corrected chi connectivity index (χ3v) is 3.59. The van der Waals surface area contributed by atoms with Gasteiger partial charge in [0.2, 0.25) is 0 Å². The molecule has 2 aromatic carbocycles. The van der Waals surface area contributed by atoms with Crippen molar-refractivity contribution in [2.24, 2.45) is 0 Å². The number of aryl methyl sites for hydroxylation is 1. The highest BCUT2D eigenvalue weighted by Crippen LogP contribution is 2.26. The van der Waals surface area contributed by atoms with Gasteiger partial charge in [0, 0.05) is 5.56 Å². The van der Waals surface area contributed by atoms with Crippen molar-refractivity contribution in [3.8, 4) is 5.75 Å². The maximum absolute atomic E-state index is 6.11. The molecule has 0 spiro atoms. The number of benzene rings is 2. The number of hydrogen-bond acceptors (Lipinski definition) is 1. The first-order valence-corrected chi connectivity index (χ1v) is 6.61. The van der Waals surface area contributed by atoms with E-state index in [1.807, 2.05) is 30.3 Å². The molecule has 2 rings (SSSR count). The van der Waals surface area contributed by atoms with Gasteiger partial charge in [-0.1, -0.05) is 54.4 Å². The van der Waals surface area contributed by atoms with Crippen molar-refractivity contribution in [3.05, 3.63) is 63.6 Å². The molecule has 0 aliphatic carbocycles. The first-order chi connectivity index (χ1) is 8.70. The molecule has 94 valence electrons. The van der Waals surface area contributed by atoms with Gasteiger partial charge in [0.05, 0.1) is 10.0 Å². The minimum atomic E-state index is 0.423. The lowest BCUT2D eigenvalue weighted by Crippen LogP contribution is -1.97. The molecule has 2 aromatic rings. The third-order valence-electron chi connectivity index (χ3n) is 2.73. The zero-order valence-electron chi connectivity index (χ0n) is 10.1. The second-order valence-electron chi connectivity index (χ2n) is 4.00. The predicted octanol–water partition coefficient (Wildman–Crippen LogP) is 5.13. The fourth-order valence-electron chi connectivity index (χ4n) is 1.68. The zero-order chi connectivity index (χ0) is 13.0. The second-order valence-corrected chi connectivity index (χ2v) is 4.79. The lowest BCUT2D eigenvalue weighted by molar-refractivity contribution is 0.306. The molecule has 0 N–H and O–H groups in total. The number of hydrogen-bond donors (Lipinski definition) is 0. The summed E-state index contributed by atoms with van der Waals surface area (Å²) < 4.78 is 5.73. The Balaban J connectivity index is 2.09. The van der Waals surface area contributed by atoms with Gasteiger partial charge in [0.15, 0.2) is 0 Å². The summed E-state index contributed by atoms with van der Waals surface area (Å²) in [7, 11) is 0. The van der Waals surface area contributed by atoms with Crippen molar-refractivity contribution >= 4 is 23.2 Å². The van der Waals surface area contributed by atoms with E-state index in [2.05, 4.69) is 13.0 Å². The Morgan fingerprint density at radius 3 is 2.61 bits per heavy atom. The highest BCUT2D eigenvalue weighted by molar-refractivity contribution is 6.42. The van der Waals surface area contributed by atoms with Crippen LogP contribution in [0.5, 0.6) is 5.75 Å². The van der Waals surface area contributed by atoms with Crippen molar-refractivity contribution in [2.75, 3.05) is 0 Å². The van der Waals surface area contributed by atoms with Crippen molar-refractivity contribution in [3.63, 3.8) is 0 Å². The van der Waals surface area contributed by atoms with Crippen LogP contribution in [-0.2, 0) is 13.0 Å². The molecule has 0 atom stereocenters. The maximum atomic E-state index is 6.11. The maximum Gasteiger partial charge on any atom is 0.120 e. The smallest absolute Gasteiger partial charge is 0.120 e. The lowest BCUT2D eigenvalue weighted by Gasteiger charge is -2.09. The van der Waals surface area contributed by atoms with E-state index in [1.54, 1.807) is 6.07 Å². The van der Waals surface area contributed by atoms with Crippen LogP contribution < -0.4 is 4.74 Å². The molecule has 0 heterocycles. The minimum absolute atomic E-state index is 0.423. The van der Waals surface area contributed by atoms with E-state index < -0.39 is 0 Å². The lowest BCUT2D eigenvalue weighted by atomic mass is 10.2. The molecule has 0 fully saturated rings. The first kappa shape index (κ1) is 13.3. The molecule has 0 aromatic heterocycles. The SMILES string of the molecule is CCc1cccc(OCc2cccc(Cl)c2Cl)c1. The van der Waals surface area contributed by atoms with E-state index in [9.17, 15) is 0 Å². The van der Waals surface area contributed by atoms with Crippen LogP contribution in [0.2, 0.25) is 10.0 Å². The fourth-order valence-corrected chi connectivity index (χ4v) is 2.05. The van der Waals surface area contributed by atoms with Crippen LogP contribution in [0.4, 0.5) is 0 Å². The van der Waals surface area contributed by atoms with Crippen LogP contribution in [-0.4, -0.2) is 0 Å². The van der Waals surface area contributed by atoms with Gasteiger partial charge in [-0.05, 0) is 30.2 Å². The normalized spacial score (nSPS) is 10.4. The Bertz CT molecular complexity index is 538. The molecule has 18 heavy (non-hydrogen) atoms. The standard InChI is InChI=1S/C15H14Cl2O/c1-2-11-5-3-7-13(9-11)18-10-12-6-4-8-14(16)15(12)17/h3-9H,2,10H2,1H3. The molecule has 0 amide bonds. The number of ether oxygens (including phenoxy) is 1. The number of rotatable bonds is 4. The molecule has 0 aliphatic heterocycles. The summed E-state index contributed by atoms with van der Waals surface area (Å²) in [6, 6.07) is 13.6. The highest BCUT2D eigenvalue weighted by atomic mass is 35.5. The van der Waals surface area contributed by atoms with E-state index in [4.69, 9.17) is 27.9 Å². The largest absolute Gasteiger partial charge is 0.489 e. The monoisotopic (exact) mass is 280 g/mol. The molecule has 0 radical (unpaired) electrons. The molecule has 0 bridgehead atoms. The van der Waals surface area contributed by atoms with Gasteiger partial charge in [-0.3, -0.25) is 0 Å². The van der Waals surface area contributed by atoms with Gasteiger partial charge >= 0.3 is 0 Å². The van der Waals surface area contributed by atoms with Crippen molar-refractivity contribution in [2.45, 2.75) is 20.0 Å². The summed E-state index contributed by atoms with van der Waals surface area (Å²) in [4.78, 5) is 0. The van der Waals surface area contributed by atoms with Gasteiger partial charge in [0.25, 0.3) is 0 Å². The molecule has 0 aliphatic rings. The summed E-state index contributed by atoms with van der Waals surface area (Å²) in [5.41, 5.74) is 2.15. The third kappa shape index (κ3) is 3.18. The van der Waals surface area contributed by atoms with Crippen molar-refractivity contribution in [1.29, 1.82) is 0 Å². The molecule has 1 nitrogen and oxygen atoms in total. The molecule has 0 unspecified atom stereocenters. The fraction of sp³-hybridized carbons (Fsp3) is 0.200. The van der Waals surface area contributed by atoms with Crippen molar-refractivity contribution in [1.82, 2.24) is 0 Å². The predicted molar refractivity (Wildman–Crippen MR) is 76.6 cm³/mol. The van der Waals surface area contributed by atoms with Crippen LogP contribution in [0.3, 0.4) is 0 Å². The average Bonchev–Trinajstić information content (AvgIpc) is 2.41. The quantitative estimate of drug-likeness (QED) is 0.754. The van der Waals surface area contributed by atoms with E-state index in [-0.39, 0.29) is 0 Å². The molecular formula is C15H14Cl2O. The Kier molecular flexibility index (Phi) is 4.51. The number of halogens is 2. The van der Waals surface area contributed by atoms with E-state index >= 15 is 0 Å². The van der Waals surface area contributed by atoms with Crippen molar-refractivity contribution < 1.29 is 4.74 Å². The summed E-state index contributed by atoms with van der Waals surface area (Å²) in [5, 5.41) is 1.12. The summed E-state index contributed by atoms with van der Waals surface area (Å²) in [5.74, 6) is 0.852. The Hall–Kier alpha value is -1.18. The minimum Gasteiger partial charge on any atom is -0.489 e.